The lowest BCUT2D eigenvalue weighted by Crippen LogP contribution is -2.56. The molecular formula is C24H32O3. The monoisotopic (exact) mass is 368 g/mol. The van der Waals surface area contributed by atoms with Gasteiger partial charge in [-0.1, -0.05) is 26.3 Å². The van der Waals surface area contributed by atoms with Crippen LogP contribution in [-0.2, 0) is 14.3 Å². The number of esters is 1. The Kier molecular flexibility index (Phi) is 3.04. The van der Waals surface area contributed by atoms with E-state index >= 15 is 0 Å². The van der Waals surface area contributed by atoms with Crippen LogP contribution in [0.2, 0.25) is 0 Å². The summed E-state index contributed by atoms with van der Waals surface area (Å²) in [7, 11) is 0. The van der Waals surface area contributed by atoms with Crippen LogP contribution < -0.4 is 0 Å². The van der Waals surface area contributed by atoms with E-state index in [2.05, 4.69) is 26.8 Å². The van der Waals surface area contributed by atoms with Gasteiger partial charge in [0.25, 0.3) is 0 Å². The Labute approximate surface area is 162 Å². The molecule has 0 aromatic rings. The maximum atomic E-state index is 12.1. The number of ketones is 1. The van der Waals surface area contributed by atoms with Gasteiger partial charge in [0, 0.05) is 18.3 Å². The van der Waals surface area contributed by atoms with E-state index < -0.39 is 0 Å². The van der Waals surface area contributed by atoms with E-state index in [0.29, 0.717) is 35.9 Å². The summed E-state index contributed by atoms with van der Waals surface area (Å²) in [4.78, 5) is 24.2. The number of carbonyl (C=O) groups excluding carboxylic acids is 2. The lowest BCUT2D eigenvalue weighted by atomic mass is 9.45. The van der Waals surface area contributed by atoms with Crippen LogP contribution in [0.4, 0.5) is 0 Å². The molecule has 3 nitrogen and oxygen atoms in total. The molecule has 0 N–H and O–H groups in total. The van der Waals surface area contributed by atoms with Crippen LogP contribution in [0.15, 0.2) is 11.6 Å². The second kappa shape index (κ2) is 4.89. The Hall–Kier alpha value is -1.12. The third kappa shape index (κ3) is 1.85. The minimum Gasteiger partial charge on any atom is -0.458 e. The molecule has 0 radical (unpaired) electrons. The predicted octanol–water partition coefficient (Wildman–Crippen LogP) is 4.70. The molecule has 1 heterocycles. The van der Waals surface area contributed by atoms with E-state index in [1.807, 2.05) is 0 Å². The zero-order chi connectivity index (χ0) is 18.8. The average molecular weight is 369 g/mol. The molecular weight excluding hydrogens is 336 g/mol. The fourth-order valence-electron chi connectivity index (χ4n) is 9.25. The van der Waals surface area contributed by atoms with Gasteiger partial charge in [-0.2, -0.15) is 0 Å². The average Bonchev–Trinajstić information content (AvgIpc) is 3.27. The van der Waals surface area contributed by atoms with Crippen LogP contribution >= 0.6 is 0 Å². The topological polar surface area (TPSA) is 43.4 Å². The van der Waals surface area contributed by atoms with Gasteiger partial charge in [0.05, 0.1) is 0 Å². The lowest BCUT2D eigenvalue weighted by molar-refractivity contribution is -0.169. The fourth-order valence-corrected chi connectivity index (χ4v) is 9.25. The molecule has 6 rings (SSSR count). The van der Waals surface area contributed by atoms with Crippen LogP contribution in [0.3, 0.4) is 0 Å². The molecule has 5 fully saturated rings. The number of hydrogen-bond donors (Lipinski definition) is 0. The quantitative estimate of drug-likeness (QED) is 0.582. The van der Waals surface area contributed by atoms with Gasteiger partial charge >= 0.3 is 5.97 Å². The maximum absolute atomic E-state index is 12.1. The highest BCUT2D eigenvalue weighted by Crippen LogP contribution is 2.76. The van der Waals surface area contributed by atoms with E-state index in [4.69, 9.17) is 4.74 Å². The van der Waals surface area contributed by atoms with Crippen molar-refractivity contribution in [3.8, 4) is 0 Å². The molecule has 1 aliphatic heterocycles. The molecule has 1 unspecified atom stereocenters. The third-order valence-electron chi connectivity index (χ3n) is 10.4. The predicted molar refractivity (Wildman–Crippen MR) is 102 cm³/mol. The normalized spacial score (nSPS) is 58.1. The van der Waals surface area contributed by atoms with Crippen molar-refractivity contribution in [2.24, 2.45) is 46.3 Å². The van der Waals surface area contributed by atoms with E-state index in [1.54, 1.807) is 0 Å². The van der Waals surface area contributed by atoms with Crippen molar-refractivity contribution in [3.63, 3.8) is 0 Å². The van der Waals surface area contributed by atoms with Crippen LogP contribution in [0.25, 0.3) is 0 Å². The highest BCUT2D eigenvalue weighted by Gasteiger charge is 2.73. The maximum Gasteiger partial charge on any atom is 0.306 e. The molecule has 6 aliphatic rings. The van der Waals surface area contributed by atoms with Crippen molar-refractivity contribution in [3.05, 3.63) is 11.6 Å². The van der Waals surface area contributed by atoms with Gasteiger partial charge in [-0.15, -0.1) is 0 Å². The van der Waals surface area contributed by atoms with Crippen molar-refractivity contribution in [1.82, 2.24) is 0 Å². The second-order valence-corrected chi connectivity index (χ2v) is 11.3. The minimum atomic E-state index is -0.191. The summed E-state index contributed by atoms with van der Waals surface area (Å²) in [6.07, 6.45) is 10.2. The fraction of sp³-hybridized carbons (Fsp3) is 0.833. The Morgan fingerprint density at radius 1 is 1.11 bits per heavy atom. The van der Waals surface area contributed by atoms with Gasteiger partial charge in [0.15, 0.2) is 5.78 Å². The van der Waals surface area contributed by atoms with Crippen molar-refractivity contribution < 1.29 is 14.3 Å². The van der Waals surface area contributed by atoms with Gasteiger partial charge in [-0.25, -0.2) is 0 Å². The Balaban J connectivity index is 1.43. The smallest absolute Gasteiger partial charge is 0.306 e. The van der Waals surface area contributed by atoms with Crippen LogP contribution in [0.1, 0.15) is 72.1 Å². The minimum absolute atomic E-state index is 0.0297. The van der Waals surface area contributed by atoms with Gasteiger partial charge in [0.2, 0.25) is 0 Å². The summed E-state index contributed by atoms with van der Waals surface area (Å²) < 4.78 is 6.13. The number of hydrogen-bond acceptors (Lipinski definition) is 3. The first kappa shape index (κ1) is 16.8. The van der Waals surface area contributed by atoms with Crippen LogP contribution in [-0.4, -0.2) is 17.4 Å². The summed E-state index contributed by atoms with van der Waals surface area (Å²) in [6, 6.07) is 0. The summed E-state index contributed by atoms with van der Waals surface area (Å²) >= 11 is 0. The van der Waals surface area contributed by atoms with Crippen LogP contribution in [0, 0.1) is 46.3 Å². The van der Waals surface area contributed by atoms with Crippen molar-refractivity contribution in [2.45, 2.75) is 77.7 Å². The van der Waals surface area contributed by atoms with E-state index in [-0.39, 0.29) is 22.4 Å². The van der Waals surface area contributed by atoms with Gasteiger partial charge in [0.1, 0.15) is 5.60 Å². The molecule has 0 aromatic carbocycles. The molecule has 0 bridgehead atoms. The largest absolute Gasteiger partial charge is 0.458 e. The highest BCUT2D eigenvalue weighted by molar-refractivity contribution is 5.92. The molecule has 5 aliphatic carbocycles. The molecule has 1 saturated heterocycles. The Morgan fingerprint density at radius 3 is 2.67 bits per heavy atom. The first-order valence-electron chi connectivity index (χ1n) is 11.3. The van der Waals surface area contributed by atoms with Gasteiger partial charge in [-0.05, 0) is 85.5 Å². The van der Waals surface area contributed by atoms with Crippen LogP contribution in [0.5, 0.6) is 0 Å². The molecule has 3 heteroatoms. The third-order valence-corrected chi connectivity index (χ3v) is 10.4. The molecule has 0 amide bonds. The Bertz CT molecular complexity index is 782. The van der Waals surface area contributed by atoms with Gasteiger partial charge < -0.3 is 4.74 Å². The zero-order valence-electron chi connectivity index (χ0n) is 16.9. The molecule has 1 spiro atoms. The highest BCUT2D eigenvalue weighted by atomic mass is 16.6. The number of allylic oxidation sites excluding steroid dienone is 1. The molecule has 146 valence electrons. The van der Waals surface area contributed by atoms with E-state index in [0.717, 1.165) is 37.5 Å². The number of fused-ring (bicyclic) bond motifs is 9. The van der Waals surface area contributed by atoms with Crippen molar-refractivity contribution in [2.75, 3.05) is 0 Å². The molecule has 27 heavy (non-hydrogen) atoms. The lowest BCUT2D eigenvalue weighted by Gasteiger charge is -2.59. The summed E-state index contributed by atoms with van der Waals surface area (Å²) in [5.41, 5.74) is 1.71. The first-order valence-corrected chi connectivity index (χ1v) is 11.3. The number of carbonyl (C=O) groups is 2. The van der Waals surface area contributed by atoms with E-state index in [1.165, 1.54) is 24.8 Å². The number of ether oxygens (including phenoxy) is 1. The van der Waals surface area contributed by atoms with Crippen molar-refractivity contribution >= 4 is 11.8 Å². The molecule has 9 atom stereocenters. The summed E-state index contributed by atoms with van der Waals surface area (Å²) in [6.45, 7) is 7.37. The summed E-state index contributed by atoms with van der Waals surface area (Å²) in [5, 5.41) is 0. The zero-order valence-corrected chi connectivity index (χ0v) is 16.9. The molecule has 0 aromatic heterocycles. The molecule has 4 saturated carbocycles. The first-order chi connectivity index (χ1) is 12.8. The second-order valence-electron chi connectivity index (χ2n) is 11.3. The SMILES string of the molecule is C[C@@H]1C[C@@]2(CCC(=O)O2)[C@@]2(C)CC[C@H]3C([C@H]4C[C@H]4C4=CC(=O)CC[C@@]43C)[C@H]12. The Morgan fingerprint density at radius 2 is 1.93 bits per heavy atom. The van der Waals surface area contributed by atoms with E-state index in [9.17, 15) is 9.59 Å². The van der Waals surface area contributed by atoms with Gasteiger partial charge in [-0.3, -0.25) is 9.59 Å². The summed E-state index contributed by atoms with van der Waals surface area (Å²) in [5.74, 6) is 4.62. The number of rotatable bonds is 0. The van der Waals surface area contributed by atoms with Crippen molar-refractivity contribution in [1.29, 1.82) is 0 Å². The standard InChI is InChI=1S/C24H32O3/c1-13-12-24(9-6-19(26)27-24)23(3)8-5-17-20(21(13)23)16-11-15(16)18-10-14(25)4-7-22(17,18)2/h10,13,15-17,20-21H,4-9,11-12H2,1-3H3/t13-,15-,16+,17+,20?,21+,22-,23+,24+/m1/s1.